The van der Waals surface area contributed by atoms with Gasteiger partial charge in [0.15, 0.2) is 11.9 Å². The van der Waals surface area contributed by atoms with E-state index in [1.165, 1.54) is 5.56 Å². The molecular formula is C54H74N2O11. The number of Topliss-reactive ketones (excluding diaryl/α,β-unsaturated/α-hetero) is 1. The summed E-state index contributed by atoms with van der Waals surface area (Å²) in [7, 11) is 0. The van der Waals surface area contributed by atoms with Crippen LogP contribution in [0.3, 0.4) is 0 Å². The normalized spacial score (nSPS) is 43.5. The monoisotopic (exact) mass is 927 g/mol. The first-order valence-electron chi connectivity index (χ1n) is 26.2. The predicted molar refractivity (Wildman–Crippen MR) is 245 cm³/mol. The molecule has 5 N–H and O–H groups in total. The second kappa shape index (κ2) is 17.6. The number of hydrogen-bond acceptors (Lipinski definition) is 13. The summed E-state index contributed by atoms with van der Waals surface area (Å²) in [6, 6.07) is 12.8. The molecule has 0 amide bonds. The number of furan rings is 1. The lowest BCUT2D eigenvalue weighted by Gasteiger charge is -2.70. The number of cyclic esters (lactones) is 2. The maximum absolute atomic E-state index is 16.1. The Bertz CT molecular complexity index is 2160. The van der Waals surface area contributed by atoms with Crippen LogP contribution in [0.2, 0.25) is 0 Å². The zero-order valence-electron chi connectivity index (χ0n) is 39.6. The van der Waals surface area contributed by atoms with Gasteiger partial charge in [0.2, 0.25) is 0 Å². The van der Waals surface area contributed by atoms with Crippen molar-refractivity contribution in [3.05, 3.63) is 59.5 Å². The Morgan fingerprint density at radius 3 is 2.49 bits per heavy atom. The number of unbranched alkanes of at least 4 members (excludes halogenated alkanes) is 1. The molecule has 0 bridgehead atoms. The number of benzene rings is 1. The zero-order valence-corrected chi connectivity index (χ0v) is 39.6. The number of fused-ring (bicyclic) bond motifs is 1. The van der Waals surface area contributed by atoms with E-state index < -0.39 is 69.9 Å². The van der Waals surface area contributed by atoms with Crippen LogP contribution >= 0.6 is 0 Å². The van der Waals surface area contributed by atoms with E-state index in [-0.39, 0.29) is 61.0 Å². The Balaban J connectivity index is 1.01. The predicted octanol–water partition coefficient (Wildman–Crippen LogP) is 6.29. The molecule has 67 heavy (non-hydrogen) atoms. The maximum atomic E-state index is 16.1. The molecule has 6 heterocycles. The Labute approximate surface area is 395 Å². The molecule has 1 aromatic heterocycles. The highest BCUT2D eigenvalue weighted by atomic mass is 16.7. The van der Waals surface area contributed by atoms with Gasteiger partial charge in [-0.2, -0.15) is 0 Å². The maximum Gasteiger partial charge on any atom is 0.339 e. The fourth-order valence-electron chi connectivity index (χ4n) is 17.2. The first kappa shape index (κ1) is 46.2. The van der Waals surface area contributed by atoms with Crippen LogP contribution in [0.25, 0.3) is 0 Å². The number of carbonyl (C=O) groups excluding carboxylic acids is 3. The Hall–Kier alpha value is -3.17. The highest BCUT2D eigenvalue weighted by Gasteiger charge is 2.93. The molecule has 0 unspecified atom stereocenters. The highest BCUT2D eigenvalue weighted by Crippen LogP contribution is 2.83. The molecule has 2 spiro atoms. The molecule has 5 aliphatic heterocycles. The van der Waals surface area contributed by atoms with Gasteiger partial charge < -0.3 is 49.3 Å². The molecule has 0 radical (unpaired) electrons. The van der Waals surface area contributed by atoms with Gasteiger partial charge in [-0.3, -0.25) is 9.59 Å². The standard InChI is InChI=1S/C54H74N2O11/c1-50-22-20-41-52-30-64-43(59)27-42(52)66-51(2,35-16-7-4-8-17-35)45(52)44(60)46(61)53(41,36-18-11-14-33(25-36)24-32-12-5-3-6-13-32)54(50)48(67-54)49(62)65-47(50)38-21-23-63-40(38)26-34(39(58)29-57)15-9-10-19-37-28-55-31-56-37/h3,5-6,12-13,21,23,33-37,39,41-42,45-48,55-58,61H,4,7-11,14-20,22,24-31H2,1-2H3/t33-,34+,36+,37-,39-,41-,42+,45-,46-,47+,48-,50+,51-,52+,53+,54-/m1/s1. The van der Waals surface area contributed by atoms with E-state index in [1.807, 2.05) is 12.1 Å². The first-order chi connectivity index (χ1) is 32.4. The average Bonchev–Trinajstić information content (AvgIpc) is 3.57. The van der Waals surface area contributed by atoms with Crippen molar-refractivity contribution in [1.82, 2.24) is 10.6 Å². The third kappa shape index (κ3) is 6.96. The molecule has 13 nitrogen and oxygen atoms in total. The van der Waals surface area contributed by atoms with Gasteiger partial charge >= 0.3 is 11.9 Å². The van der Waals surface area contributed by atoms with Crippen molar-refractivity contribution < 1.29 is 53.1 Å². The summed E-state index contributed by atoms with van der Waals surface area (Å²) in [6.45, 7) is 5.64. The summed E-state index contributed by atoms with van der Waals surface area (Å²) < 4.78 is 33.6. The summed E-state index contributed by atoms with van der Waals surface area (Å²) in [4.78, 5) is 44.5. The number of ether oxygens (including phenoxy) is 4. The number of epoxide rings is 1. The van der Waals surface area contributed by atoms with Crippen molar-refractivity contribution in [2.45, 2.75) is 177 Å². The van der Waals surface area contributed by atoms with Crippen molar-refractivity contribution in [2.24, 2.45) is 51.8 Å². The smallest absolute Gasteiger partial charge is 0.339 e. The molecule has 4 aliphatic carbocycles. The molecule has 4 saturated carbocycles. The molecule has 366 valence electrons. The molecule has 2 aromatic rings. The summed E-state index contributed by atoms with van der Waals surface area (Å²) in [6.07, 6.45) is 11.2. The molecule has 5 saturated heterocycles. The third-order valence-corrected chi connectivity index (χ3v) is 20.0. The van der Waals surface area contributed by atoms with Gasteiger partial charge in [0.1, 0.15) is 30.2 Å². The van der Waals surface area contributed by atoms with Crippen molar-refractivity contribution >= 4 is 17.7 Å². The lowest BCUT2D eigenvalue weighted by Crippen LogP contribution is -2.79. The van der Waals surface area contributed by atoms with Gasteiger partial charge in [-0.05, 0) is 106 Å². The number of aliphatic hydroxyl groups is 3. The van der Waals surface area contributed by atoms with Gasteiger partial charge in [0.05, 0.1) is 43.0 Å². The van der Waals surface area contributed by atoms with Crippen molar-refractivity contribution in [3.8, 4) is 0 Å². The quantitative estimate of drug-likeness (QED) is 0.0809. The Morgan fingerprint density at radius 1 is 0.910 bits per heavy atom. The number of rotatable bonds is 14. The van der Waals surface area contributed by atoms with Gasteiger partial charge in [-0.15, -0.1) is 0 Å². The van der Waals surface area contributed by atoms with E-state index in [0.29, 0.717) is 43.0 Å². The average molecular weight is 927 g/mol. The minimum absolute atomic E-state index is 0.0361. The Morgan fingerprint density at radius 2 is 1.72 bits per heavy atom. The van der Waals surface area contributed by atoms with Crippen LogP contribution in [0.1, 0.15) is 140 Å². The Kier molecular flexibility index (Phi) is 12.1. The van der Waals surface area contributed by atoms with Crippen LogP contribution in [0, 0.1) is 51.8 Å². The van der Waals surface area contributed by atoms with Crippen molar-refractivity contribution in [2.75, 3.05) is 26.4 Å². The summed E-state index contributed by atoms with van der Waals surface area (Å²) in [5, 5.41) is 42.0. The molecular weight excluding hydrogens is 853 g/mol. The van der Waals surface area contributed by atoms with Crippen LogP contribution in [0.15, 0.2) is 47.1 Å². The number of carbonyl (C=O) groups is 3. The van der Waals surface area contributed by atoms with Crippen molar-refractivity contribution in [3.63, 3.8) is 0 Å². The summed E-state index contributed by atoms with van der Waals surface area (Å²) in [5.41, 5.74) is -3.32. The summed E-state index contributed by atoms with van der Waals surface area (Å²) >= 11 is 0. The van der Waals surface area contributed by atoms with Gasteiger partial charge in [-0.25, -0.2) is 4.79 Å². The molecule has 11 rings (SSSR count). The van der Waals surface area contributed by atoms with Crippen molar-refractivity contribution in [1.29, 1.82) is 0 Å². The fraction of sp³-hybridized carbons (Fsp3) is 0.759. The number of esters is 2. The second-order valence-electron chi connectivity index (χ2n) is 23.1. The minimum atomic E-state index is -1.46. The first-order valence-corrected chi connectivity index (χ1v) is 26.2. The van der Waals surface area contributed by atoms with Crippen LogP contribution in [-0.2, 0) is 46.2 Å². The number of nitrogens with one attached hydrogen (secondary N) is 2. The molecule has 1 aromatic carbocycles. The lowest BCUT2D eigenvalue weighted by molar-refractivity contribution is -0.276. The third-order valence-electron chi connectivity index (χ3n) is 20.0. The van der Waals surface area contributed by atoms with Crippen LogP contribution < -0.4 is 10.6 Å². The van der Waals surface area contributed by atoms with Crippen LogP contribution in [0.4, 0.5) is 0 Å². The molecule has 9 fully saturated rings. The lowest BCUT2D eigenvalue weighted by atomic mass is 9.32. The van der Waals surface area contributed by atoms with E-state index in [1.54, 1.807) is 6.26 Å². The topological polar surface area (TPSA) is 189 Å². The van der Waals surface area contributed by atoms with Crippen LogP contribution in [0.5, 0.6) is 0 Å². The van der Waals surface area contributed by atoms with Gasteiger partial charge in [0, 0.05) is 47.5 Å². The SMILES string of the molecule is C[C@@]12CC[C@@H]3[C@@]45COC(=O)C[C@@H]4O[C@](C)(C4CCCCC4)[C@H]5C(=O)[C@@H](O)[C@@]3([C@H]3CCC[C@H](Cc4ccccc4)C3)[C@]13O[C@@H]3C(=O)O[C@H]2c1ccoc1C[C@H](CCCC[C@@H]1CNCN1)[C@H](O)CO. The van der Waals surface area contributed by atoms with E-state index in [2.05, 4.69) is 48.7 Å². The second-order valence-corrected chi connectivity index (χ2v) is 23.1. The van der Waals surface area contributed by atoms with E-state index in [0.717, 1.165) is 96.7 Å². The molecule has 9 aliphatic rings. The van der Waals surface area contributed by atoms with Gasteiger partial charge in [0.25, 0.3) is 0 Å². The molecule has 13 heteroatoms. The largest absolute Gasteiger partial charge is 0.469 e. The molecule has 16 atom stereocenters. The fourth-order valence-corrected chi connectivity index (χ4v) is 17.2. The van der Waals surface area contributed by atoms with E-state index in [4.69, 9.17) is 23.4 Å². The highest BCUT2D eigenvalue weighted by molar-refractivity contribution is 5.92. The number of hydrogen-bond donors (Lipinski definition) is 5. The van der Waals surface area contributed by atoms with E-state index in [9.17, 15) is 24.9 Å². The number of aliphatic hydroxyl groups excluding tert-OH is 3. The van der Waals surface area contributed by atoms with E-state index >= 15 is 4.79 Å². The number of ketones is 1. The zero-order chi connectivity index (χ0) is 46.3. The van der Waals surface area contributed by atoms with Gasteiger partial charge in [-0.1, -0.05) is 82.2 Å². The summed E-state index contributed by atoms with van der Waals surface area (Å²) in [5.74, 6) is -1.68. The van der Waals surface area contributed by atoms with Crippen LogP contribution in [-0.4, -0.2) is 101 Å². The minimum Gasteiger partial charge on any atom is -0.469 e.